The van der Waals surface area contributed by atoms with Crippen LogP contribution in [0.3, 0.4) is 0 Å². The van der Waals surface area contributed by atoms with Crippen molar-refractivity contribution in [3.63, 3.8) is 0 Å². The first-order valence-electron chi connectivity index (χ1n) is 11.5. The molecule has 9 heteroatoms. The van der Waals surface area contributed by atoms with E-state index in [0.29, 0.717) is 17.1 Å². The second kappa shape index (κ2) is 8.43. The zero-order valence-corrected chi connectivity index (χ0v) is 20.6. The van der Waals surface area contributed by atoms with Crippen molar-refractivity contribution in [2.75, 3.05) is 24.7 Å². The fourth-order valence-corrected chi connectivity index (χ4v) is 8.25. The van der Waals surface area contributed by atoms with E-state index in [2.05, 4.69) is 0 Å². The zero-order chi connectivity index (χ0) is 24.3. The minimum Gasteiger partial charge on any atom is -0.465 e. The first-order chi connectivity index (χ1) is 16.2. The second-order valence-corrected chi connectivity index (χ2v) is 11.6. The molecule has 0 bridgehead atoms. The van der Waals surface area contributed by atoms with Gasteiger partial charge in [0.15, 0.2) is 0 Å². The molecule has 180 valence electrons. The van der Waals surface area contributed by atoms with Gasteiger partial charge in [0, 0.05) is 11.3 Å². The molecule has 2 amide bonds. The molecule has 4 aliphatic rings. The zero-order valence-electron chi connectivity index (χ0n) is 19.0. The molecule has 1 aromatic carbocycles. The third-order valence-corrected chi connectivity index (χ3v) is 9.46. The average Bonchev–Trinajstić information content (AvgIpc) is 3.13. The van der Waals surface area contributed by atoms with E-state index in [-0.39, 0.29) is 31.6 Å². The molecule has 0 aromatic heterocycles. The van der Waals surface area contributed by atoms with Crippen molar-refractivity contribution in [2.24, 2.45) is 11.8 Å². The van der Waals surface area contributed by atoms with Crippen molar-refractivity contribution in [1.29, 1.82) is 0 Å². The Kier molecular flexibility index (Phi) is 5.81. The summed E-state index contributed by atoms with van der Waals surface area (Å²) < 4.78 is 3.82. The number of carbonyl (C=O) groups excluding carboxylic acids is 3. The Hall–Kier alpha value is -2.29. The van der Waals surface area contributed by atoms with Crippen LogP contribution in [0.5, 0.6) is 0 Å². The van der Waals surface area contributed by atoms with E-state index >= 15 is 0 Å². The monoisotopic (exact) mass is 502 g/mol. The molecule has 1 aromatic rings. The van der Waals surface area contributed by atoms with Crippen LogP contribution in [-0.4, -0.2) is 69.1 Å². The molecule has 4 heterocycles. The normalized spacial score (nSPS) is 35.8. The van der Waals surface area contributed by atoms with Crippen LogP contribution in [0.25, 0.3) is 0 Å². The SMILES string of the molecule is C[C@H](CO)N1C(=O)[C@@H]2[C@@H]3C(=O)OCCC=C[C@]3(C)S[C@@]23C=CCN(c2ccccc2Cl)C(=O)C13. The van der Waals surface area contributed by atoms with E-state index in [1.165, 1.54) is 16.7 Å². The summed E-state index contributed by atoms with van der Waals surface area (Å²) in [5.41, 5.74) is 0.558. The van der Waals surface area contributed by atoms with Crippen LogP contribution < -0.4 is 4.90 Å². The van der Waals surface area contributed by atoms with Gasteiger partial charge >= 0.3 is 5.97 Å². The lowest BCUT2D eigenvalue weighted by Crippen LogP contribution is -2.56. The number of carbonyl (C=O) groups is 3. The minimum atomic E-state index is -0.985. The number of thioether (sulfide) groups is 1. The summed E-state index contributed by atoms with van der Waals surface area (Å²) in [6.07, 6.45) is 8.40. The lowest BCUT2D eigenvalue weighted by Gasteiger charge is -2.39. The number of aliphatic hydroxyl groups is 1. The largest absolute Gasteiger partial charge is 0.465 e. The molecule has 5 rings (SSSR count). The summed E-state index contributed by atoms with van der Waals surface area (Å²) in [7, 11) is 0. The van der Waals surface area contributed by atoms with Gasteiger partial charge in [0.1, 0.15) is 6.04 Å². The van der Waals surface area contributed by atoms with Gasteiger partial charge in [-0.1, -0.05) is 48.0 Å². The molecular weight excluding hydrogens is 476 g/mol. The highest BCUT2D eigenvalue weighted by Crippen LogP contribution is 2.65. The van der Waals surface area contributed by atoms with Gasteiger partial charge in [-0.3, -0.25) is 14.4 Å². The standard InChI is InChI=1S/C25H27ClN2O5S/c1-15(14-29)28-20-22(31)27(17-9-4-3-8-16(17)26)12-7-11-25(20)18(21(28)30)19-23(32)33-13-6-5-10-24(19,2)34-25/h3-5,7-11,15,18-20,29H,6,12-14H2,1-2H3/t15-,18+,19-,20?,24+,25+/m1/s1. The quantitative estimate of drug-likeness (QED) is 0.505. The number of likely N-dealkylation sites (tertiary alicyclic amines) is 1. The van der Waals surface area contributed by atoms with Gasteiger partial charge in [-0.05, 0) is 32.4 Å². The number of fused-ring (bicyclic) bond motifs is 2. The maximum atomic E-state index is 14.2. The van der Waals surface area contributed by atoms with Crippen molar-refractivity contribution < 1.29 is 24.2 Å². The number of esters is 1. The summed E-state index contributed by atoms with van der Waals surface area (Å²) in [5.74, 6) is -2.54. The molecule has 34 heavy (non-hydrogen) atoms. The van der Waals surface area contributed by atoms with E-state index in [0.717, 1.165) is 0 Å². The van der Waals surface area contributed by atoms with Crippen molar-refractivity contribution in [3.8, 4) is 0 Å². The maximum Gasteiger partial charge on any atom is 0.311 e. The fraction of sp³-hybridized carbons (Fsp3) is 0.480. The van der Waals surface area contributed by atoms with Gasteiger partial charge in [-0.2, -0.15) is 0 Å². The van der Waals surface area contributed by atoms with Crippen molar-refractivity contribution in [1.82, 2.24) is 4.90 Å². The van der Waals surface area contributed by atoms with E-state index in [1.54, 1.807) is 30.0 Å². The Morgan fingerprint density at radius 2 is 1.94 bits per heavy atom. The lowest BCUT2D eigenvalue weighted by molar-refractivity contribution is -0.154. The van der Waals surface area contributed by atoms with Crippen LogP contribution in [0.2, 0.25) is 5.02 Å². The van der Waals surface area contributed by atoms with Gasteiger partial charge in [0.25, 0.3) is 5.91 Å². The summed E-state index contributed by atoms with van der Waals surface area (Å²) in [6.45, 7) is 3.90. The molecule has 1 unspecified atom stereocenters. The number of hydrogen-bond donors (Lipinski definition) is 1. The number of cyclic esters (lactones) is 1. The Bertz CT molecular complexity index is 1110. The fourth-order valence-electron chi connectivity index (χ4n) is 5.88. The Labute approximate surface area is 207 Å². The number of nitrogens with zero attached hydrogens (tertiary/aromatic N) is 2. The molecule has 2 saturated heterocycles. The topological polar surface area (TPSA) is 87.2 Å². The first-order valence-corrected chi connectivity index (χ1v) is 12.7. The first kappa shape index (κ1) is 23.5. The van der Waals surface area contributed by atoms with E-state index in [4.69, 9.17) is 16.3 Å². The van der Waals surface area contributed by atoms with Gasteiger partial charge in [-0.25, -0.2) is 0 Å². The number of rotatable bonds is 3. The Balaban J connectivity index is 1.69. The third kappa shape index (κ3) is 3.26. The number of hydrogen-bond acceptors (Lipinski definition) is 6. The predicted octanol–water partition coefficient (Wildman–Crippen LogP) is 2.81. The van der Waals surface area contributed by atoms with Gasteiger partial charge in [-0.15, -0.1) is 11.8 Å². The van der Waals surface area contributed by atoms with Crippen LogP contribution in [0.15, 0.2) is 48.6 Å². The van der Waals surface area contributed by atoms with Crippen molar-refractivity contribution in [3.05, 3.63) is 53.6 Å². The summed E-state index contributed by atoms with van der Waals surface area (Å²) in [5, 5.41) is 10.4. The average molecular weight is 503 g/mol. The number of amides is 2. The Morgan fingerprint density at radius 3 is 2.68 bits per heavy atom. The molecule has 0 radical (unpaired) electrons. The number of benzene rings is 1. The van der Waals surface area contributed by atoms with Crippen LogP contribution >= 0.6 is 23.4 Å². The summed E-state index contributed by atoms with van der Waals surface area (Å²) in [4.78, 5) is 44.5. The Morgan fingerprint density at radius 1 is 1.18 bits per heavy atom. The van der Waals surface area contributed by atoms with Crippen LogP contribution in [0, 0.1) is 11.8 Å². The van der Waals surface area contributed by atoms with E-state index < -0.39 is 39.4 Å². The van der Waals surface area contributed by atoms with Crippen molar-refractivity contribution in [2.45, 2.75) is 41.8 Å². The summed E-state index contributed by atoms with van der Waals surface area (Å²) in [6, 6.07) is 5.59. The molecule has 2 fully saturated rings. The van der Waals surface area contributed by atoms with Gasteiger partial charge in [0.2, 0.25) is 5.91 Å². The predicted molar refractivity (Wildman–Crippen MR) is 131 cm³/mol. The highest BCUT2D eigenvalue weighted by atomic mass is 35.5. The molecule has 6 atom stereocenters. The van der Waals surface area contributed by atoms with Gasteiger partial charge in [0.05, 0.1) is 46.5 Å². The molecule has 0 saturated carbocycles. The molecule has 7 nitrogen and oxygen atoms in total. The second-order valence-electron chi connectivity index (χ2n) is 9.44. The van der Waals surface area contributed by atoms with Crippen LogP contribution in [-0.2, 0) is 19.1 Å². The van der Waals surface area contributed by atoms with Crippen LogP contribution in [0.4, 0.5) is 5.69 Å². The number of halogens is 1. The van der Waals surface area contributed by atoms with Gasteiger partial charge < -0.3 is 19.6 Å². The number of para-hydroxylation sites is 1. The third-order valence-electron chi connectivity index (χ3n) is 7.34. The molecule has 1 spiro atoms. The van der Waals surface area contributed by atoms with Crippen molar-refractivity contribution >= 4 is 46.8 Å². The summed E-state index contributed by atoms with van der Waals surface area (Å²) >= 11 is 7.93. The van der Waals surface area contributed by atoms with E-state index in [9.17, 15) is 19.5 Å². The van der Waals surface area contributed by atoms with Crippen LogP contribution in [0.1, 0.15) is 20.3 Å². The molecule has 0 aliphatic carbocycles. The number of anilines is 1. The molecule has 1 N–H and O–H groups in total. The number of ether oxygens (including phenoxy) is 1. The highest BCUT2D eigenvalue weighted by Gasteiger charge is 2.74. The molecule has 4 aliphatic heterocycles. The highest BCUT2D eigenvalue weighted by molar-refractivity contribution is 8.02. The van der Waals surface area contributed by atoms with E-state index in [1.807, 2.05) is 37.3 Å². The minimum absolute atomic E-state index is 0.260. The smallest absolute Gasteiger partial charge is 0.311 e. The molecular formula is C25H27ClN2O5S. The lowest BCUT2D eigenvalue weighted by atomic mass is 9.74. The number of aliphatic hydroxyl groups excluding tert-OH is 1. The maximum absolute atomic E-state index is 14.2.